The van der Waals surface area contributed by atoms with Crippen molar-refractivity contribution in [3.8, 4) is 12.5 Å². The van der Waals surface area contributed by atoms with Gasteiger partial charge in [-0.15, -0.1) is 0 Å². The van der Waals surface area contributed by atoms with Gasteiger partial charge < -0.3 is 15.4 Å². The van der Waals surface area contributed by atoms with Crippen LogP contribution in [-0.2, 0) is 14.3 Å². The molecule has 186 valence electrons. The van der Waals surface area contributed by atoms with Gasteiger partial charge in [0.15, 0.2) is 0 Å². The molecule has 2 N–H and O–H groups in total. The fourth-order valence-corrected chi connectivity index (χ4v) is 3.29. The van der Waals surface area contributed by atoms with Crippen molar-refractivity contribution in [1.29, 1.82) is 0 Å². The Hall–Kier alpha value is -3.27. The van der Waals surface area contributed by atoms with E-state index >= 15 is 0 Å². The number of rotatable bonds is 11. The van der Waals surface area contributed by atoms with Gasteiger partial charge in [-0.3, -0.25) is 14.5 Å². The highest BCUT2D eigenvalue weighted by atomic mass is 16.6. The Kier molecular flexibility index (Phi) is 11.4. The Labute approximate surface area is 204 Å². The molecule has 0 bridgehead atoms. The molecule has 0 radical (unpaired) electrons. The molecule has 0 heterocycles. The lowest BCUT2D eigenvalue weighted by molar-refractivity contribution is -0.139. The van der Waals surface area contributed by atoms with Gasteiger partial charge in [-0.2, -0.15) is 0 Å². The summed E-state index contributed by atoms with van der Waals surface area (Å²) in [5.74, 6) is -1.19. The second-order valence-corrected chi connectivity index (χ2v) is 9.27. The van der Waals surface area contributed by atoms with Crippen LogP contribution in [0.5, 0.6) is 0 Å². The van der Waals surface area contributed by atoms with E-state index in [-0.39, 0.29) is 11.8 Å². The zero-order valence-corrected chi connectivity index (χ0v) is 21.3. The van der Waals surface area contributed by atoms with Crippen molar-refractivity contribution in [2.24, 2.45) is 5.92 Å². The highest BCUT2D eigenvalue weighted by Crippen LogP contribution is 2.25. The van der Waals surface area contributed by atoms with E-state index in [1.165, 1.54) is 0 Å². The van der Waals surface area contributed by atoms with Gasteiger partial charge in [-0.25, -0.2) is 4.79 Å². The average Bonchev–Trinajstić information content (AvgIpc) is 2.78. The number of unbranched alkanes of at least 4 members (excludes halogenated alkanes) is 1. The van der Waals surface area contributed by atoms with E-state index in [1.807, 2.05) is 26.8 Å². The van der Waals surface area contributed by atoms with Crippen LogP contribution in [0.1, 0.15) is 78.0 Å². The number of nitrogens with zero attached hydrogens (tertiary/aromatic N) is 1. The molecule has 0 fully saturated rings. The smallest absolute Gasteiger partial charge is 0.408 e. The van der Waals surface area contributed by atoms with Crippen LogP contribution in [0.15, 0.2) is 30.8 Å². The SMILES string of the molecule is C#CN(C(=O)C(NC(=O)OC(C)(C)C)C(C)CC)C(C(=O)NCCCC)c1cccc(C=C)c1. The maximum absolute atomic E-state index is 13.7. The normalized spacial score (nSPS) is 13.6. The maximum atomic E-state index is 13.7. The highest BCUT2D eigenvalue weighted by Gasteiger charge is 2.37. The summed E-state index contributed by atoms with van der Waals surface area (Å²) in [7, 11) is 0. The van der Waals surface area contributed by atoms with Crippen LogP contribution in [0.3, 0.4) is 0 Å². The third-order valence-electron chi connectivity index (χ3n) is 5.33. The van der Waals surface area contributed by atoms with Gasteiger partial charge in [0.1, 0.15) is 17.7 Å². The van der Waals surface area contributed by atoms with Crippen molar-refractivity contribution in [1.82, 2.24) is 15.5 Å². The van der Waals surface area contributed by atoms with Crippen LogP contribution in [0.4, 0.5) is 4.79 Å². The van der Waals surface area contributed by atoms with Gasteiger partial charge in [0.05, 0.1) is 0 Å². The highest BCUT2D eigenvalue weighted by molar-refractivity contribution is 5.93. The quantitative estimate of drug-likeness (QED) is 0.281. The van der Waals surface area contributed by atoms with Crippen LogP contribution in [0.25, 0.3) is 6.08 Å². The van der Waals surface area contributed by atoms with Gasteiger partial charge in [0, 0.05) is 12.6 Å². The summed E-state index contributed by atoms with van der Waals surface area (Å²) in [4.78, 5) is 40.5. The molecule has 1 aromatic carbocycles. The first-order valence-corrected chi connectivity index (χ1v) is 11.8. The molecule has 0 aromatic heterocycles. The number of ether oxygens (including phenoxy) is 1. The summed E-state index contributed by atoms with van der Waals surface area (Å²) in [5.41, 5.74) is 0.614. The van der Waals surface area contributed by atoms with Crippen molar-refractivity contribution in [3.05, 3.63) is 42.0 Å². The fourth-order valence-electron chi connectivity index (χ4n) is 3.29. The van der Waals surface area contributed by atoms with Gasteiger partial charge in [0.2, 0.25) is 5.91 Å². The number of carbonyl (C=O) groups excluding carboxylic acids is 3. The van der Waals surface area contributed by atoms with Crippen LogP contribution in [-0.4, -0.2) is 41.0 Å². The van der Waals surface area contributed by atoms with Crippen molar-refractivity contribution in [2.75, 3.05) is 6.54 Å². The first kappa shape index (κ1) is 28.8. The number of hydrogen-bond acceptors (Lipinski definition) is 4. The van der Waals surface area contributed by atoms with E-state index < -0.39 is 29.7 Å². The first-order valence-electron chi connectivity index (χ1n) is 11.8. The van der Waals surface area contributed by atoms with E-state index in [0.717, 1.165) is 23.3 Å². The Bertz CT molecular complexity index is 898. The lowest BCUT2D eigenvalue weighted by Gasteiger charge is -2.32. The van der Waals surface area contributed by atoms with E-state index in [9.17, 15) is 14.4 Å². The number of nitrogens with one attached hydrogen (secondary N) is 2. The molecule has 7 heteroatoms. The zero-order chi connectivity index (χ0) is 25.9. The molecular weight excluding hydrogens is 430 g/mol. The predicted molar refractivity (Wildman–Crippen MR) is 135 cm³/mol. The molecule has 7 nitrogen and oxygen atoms in total. The van der Waals surface area contributed by atoms with E-state index in [2.05, 4.69) is 23.3 Å². The molecule has 0 spiro atoms. The number of benzene rings is 1. The molecule has 3 atom stereocenters. The van der Waals surface area contributed by atoms with Crippen LogP contribution < -0.4 is 10.6 Å². The monoisotopic (exact) mass is 469 g/mol. The van der Waals surface area contributed by atoms with Gasteiger partial charge in [-0.05, 0) is 50.3 Å². The predicted octanol–water partition coefficient (Wildman–Crippen LogP) is 4.65. The lowest BCUT2D eigenvalue weighted by atomic mass is 9.95. The minimum Gasteiger partial charge on any atom is -0.444 e. The van der Waals surface area contributed by atoms with E-state index in [0.29, 0.717) is 18.5 Å². The fraction of sp³-hybridized carbons (Fsp3) is 0.519. The Morgan fingerprint density at radius 3 is 2.47 bits per heavy atom. The van der Waals surface area contributed by atoms with Gasteiger partial charge >= 0.3 is 6.09 Å². The Morgan fingerprint density at radius 2 is 1.94 bits per heavy atom. The molecule has 0 aliphatic carbocycles. The second-order valence-electron chi connectivity index (χ2n) is 9.27. The van der Waals surface area contributed by atoms with Crippen LogP contribution in [0.2, 0.25) is 0 Å². The first-order chi connectivity index (χ1) is 16.0. The number of alkyl carbamates (subject to hydrolysis) is 1. The average molecular weight is 470 g/mol. The Morgan fingerprint density at radius 1 is 1.26 bits per heavy atom. The van der Waals surface area contributed by atoms with Crippen LogP contribution in [0, 0.1) is 18.4 Å². The summed E-state index contributed by atoms with van der Waals surface area (Å²) < 4.78 is 5.35. The molecular formula is C27H39N3O4. The summed E-state index contributed by atoms with van der Waals surface area (Å²) in [5, 5.41) is 5.54. The molecule has 1 rings (SSSR count). The number of carbonyl (C=O) groups is 3. The molecule has 0 aliphatic rings. The Balaban J connectivity index is 3.40. The summed E-state index contributed by atoms with van der Waals surface area (Å²) in [6, 6.07) is 7.50. The molecule has 3 unspecified atom stereocenters. The minimum atomic E-state index is -1.07. The lowest BCUT2D eigenvalue weighted by Crippen LogP contribution is -2.54. The molecule has 0 saturated carbocycles. The summed E-state index contributed by atoms with van der Waals surface area (Å²) in [6.45, 7) is 15.2. The zero-order valence-electron chi connectivity index (χ0n) is 21.3. The maximum Gasteiger partial charge on any atom is 0.408 e. The van der Waals surface area contributed by atoms with Gasteiger partial charge in [0.25, 0.3) is 5.91 Å². The molecule has 34 heavy (non-hydrogen) atoms. The number of hydrogen-bond donors (Lipinski definition) is 2. The molecule has 3 amide bonds. The third kappa shape index (κ3) is 8.58. The largest absolute Gasteiger partial charge is 0.444 e. The standard InChI is InChI=1S/C27H39N3O4/c1-9-13-17-28-24(31)23(21-16-14-15-20(11-3)18-21)30(12-4)25(32)22(19(5)10-2)29-26(33)34-27(6,7)8/h4,11,14-16,18-19,22-23H,3,9-10,13,17H2,1-2,5-8H3,(H,28,31)(H,29,33). The summed E-state index contributed by atoms with van der Waals surface area (Å²) in [6.07, 6.45) is 9.04. The van der Waals surface area contributed by atoms with Crippen LogP contribution >= 0.6 is 0 Å². The molecule has 1 aromatic rings. The number of amides is 3. The third-order valence-corrected chi connectivity index (χ3v) is 5.33. The summed E-state index contributed by atoms with van der Waals surface area (Å²) >= 11 is 0. The van der Waals surface area contributed by atoms with Gasteiger partial charge in [-0.1, -0.05) is 70.9 Å². The second kappa shape index (κ2) is 13.4. The van der Waals surface area contributed by atoms with E-state index in [4.69, 9.17) is 11.2 Å². The van der Waals surface area contributed by atoms with Crippen molar-refractivity contribution in [3.63, 3.8) is 0 Å². The minimum absolute atomic E-state index is 0.251. The number of terminal acetylenes is 1. The molecule has 0 aliphatic heterocycles. The molecule has 0 saturated heterocycles. The van der Waals surface area contributed by atoms with E-state index in [1.54, 1.807) is 45.0 Å². The van der Waals surface area contributed by atoms with Crippen molar-refractivity contribution < 1.29 is 19.1 Å². The topological polar surface area (TPSA) is 87.7 Å². The van der Waals surface area contributed by atoms with Crippen molar-refractivity contribution >= 4 is 24.0 Å². The van der Waals surface area contributed by atoms with Crippen molar-refractivity contribution in [2.45, 2.75) is 78.5 Å².